The van der Waals surface area contributed by atoms with Crippen LogP contribution in [0.3, 0.4) is 0 Å². The minimum atomic E-state index is 0.782. The van der Waals surface area contributed by atoms with Crippen molar-refractivity contribution in [2.45, 2.75) is 13.0 Å². The molecule has 1 N–H and O–H groups in total. The van der Waals surface area contributed by atoms with E-state index in [4.69, 9.17) is 16.3 Å². The molecule has 3 rings (SSSR count). The Kier molecular flexibility index (Phi) is 5.89. The van der Waals surface area contributed by atoms with E-state index in [1.54, 1.807) is 0 Å². The summed E-state index contributed by atoms with van der Waals surface area (Å²) >= 11 is 5.89. The second kappa shape index (κ2) is 8.53. The molecule has 0 aliphatic heterocycles. The van der Waals surface area contributed by atoms with E-state index in [2.05, 4.69) is 29.6 Å². The lowest BCUT2D eigenvalue weighted by Crippen LogP contribution is -2.16. The SMILES string of the molecule is Clc1ccc(CCNCc2ccc(Oc3ccccc3)cc2)cc1. The van der Waals surface area contributed by atoms with Crippen molar-refractivity contribution in [3.8, 4) is 11.5 Å². The first kappa shape index (κ1) is 16.6. The van der Waals surface area contributed by atoms with Crippen LogP contribution in [0, 0.1) is 0 Å². The predicted octanol–water partition coefficient (Wildman–Crippen LogP) is 5.46. The molecular weight excluding hydrogens is 318 g/mol. The zero-order chi connectivity index (χ0) is 16.6. The van der Waals surface area contributed by atoms with Gasteiger partial charge in [0.25, 0.3) is 0 Å². The highest BCUT2D eigenvalue weighted by Crippen LogP contribution is 2.21. The van der Waals surface area contributed by atoms with Gasteiger partial charge >= 0.3 is 0 Å². The average Bonchev–Trinajstić information content (AvgIpc) is 2.62. The van der Waals surface area contributed by atoms with Crippen LogP contribution in [0.2, 0.25) is 5.02 Å². The highest BCUT2D eigenvalue weighted by atomic mass is 35.5. The van der Waals surface area contributed by atoms with E-state index in [-0.39, 0.29) is 0 Å². The summed E-state index contributed by atoms with van der Waals surface area (Å²) in [6.45, 7) is 1.78. The van der Waals surface area contributed by atoms with E-state index in [1.165, 1.54) is 11.1 Å². The van der Waals surface area contributed by atoms with Crippen LogP contribution < -0.4 is 10.1 Å². The maximum atomic E-state index is 5.89. The highest BCUT2D eigenvalue weighted by Gasteiger charge is 1.98. The average molecular weight is 338 g/mol. The van der Waals surface area contributed by atoms with Gasteiger partial charge in [-0.05, 0) is 60.5 Å². The van der Waals surface area contributed by atoms with Gasteiger partial charge in [0, 0.05) is 11.6 Å². The molecule has 0 saturated heterocycles. The van der Waals surface area contributed by atoms with E-state index in [0.717, 1.165) is 36.0 Å². The molecule has 122 valence electrons. The van der Waals surface area contributed by atoms with Crippen molar-refractivity contribution in [2.75, 3.05) is 6.54 Å². The lowest BCUT2D eigenvalue weighted by atomic mass is 10.1. The molecular formula is C21H20ClNO. The van der Waals surface area contributed by atoms with E-state index in [1.807, 2.05) is 54.6 Å². The Bertz CT molecular complexity index is 739. The smallest absolute Gasteiger partial charge is 0.127 e. The standard InChI is InChI=1S/C21H20ClNO/c22-19-10-6-17(7-11-19)14-15-23-16-18-8-12-21(13-9-18)24-20-4-2-1-3-5-20/h1-13,23H,14-16H2. The Balaban J connectivity index is 1.43. The zero-order valence-corrected chi connectivity index (χ0v) is 14.2. The van der Waals surface area contributed by atoms with Crippen LogP contribution in [0.5, 0.6) is 11.5 Å². The molecule has 0 saturated carbocycles. The lowest BCUT2D eigenvalue weighted by Gasteiger charge is -2.08. The minimum absolute atomic E-state index is 0.782. The lowest BCUT2D eigenvalue weighted by molar-refractivity contribution is 0.482. The molecule has 0 unspecified atom stereocenters. The van der Waals surface area contributed by atoms with Gasteiger partial charge in [-0.25, -0.2) is 0 Å². The van der Waals surface area contributed by atoms with Gasteiger partial charge in [0.1, 0.15) is 11.5 Å². The van der Waals surface area contributed by atoms with Gasteiger partial charge in [0.05, 0.1) is 0 Å². The number of rotatable bonds is 7. The maximum absolute atomic E-state index is 5.89. The highest BCUT2D eigenvalue weighted by molar-refractivity contribution is 6.30. The number of para-hydroxylation sites is 1. The fourth-order valence-corrected chi connectivity index (χ4v) is 2.54. The number of ether oxygens (including phenoxy) is 1. The quantitative estimate of drug-likeness (QED) is 0.578. The van der Waals surface area contributed by atoms with Crippen molar-refractivity contribution < 1.29 is 4.74 Å². The van der Waals surface area contributed by atoms with Gasteiger partial charge in [-0.15, -0.1) is 0 Å². The van der Waals surface area contributed by atoms with E-state index in [0.29, 0.717) is 0 Å². The summed E-state index contributed by atoms with van der Waals surface area (Å²) in [5, 5.41) is 4.24. The second-order valence-corrected chi connectivity index (χ2v) is 6.05. The Hall–Kier alpha value is -2.29. The largest absolute Gasteiger partial charge is 0.457 e. The summed E-state index contributed by atoms with van der Waals surface area (Å²) in [6, 6.07) is 26.0. The topological polar surface area (TPSA) is 21.3 Å². The van der Waals surface area contributed by atoms with Crippen LogP contribution in [0.4, 0.5) is 0 Å². The summed E-state index contributed by atoms with van der Waals surface area (Å²) in [5.74, 6) is 1.71. The van der Waals surface area contributed by atoms with Crippen LogP contribution in [0.25, 0.3) is 0 Å². The minimum Gasteiger partial charge on any atom is -0.457 e. The molecule has 0 atom stereocenters. The van der Waals surface area contributed by atoms with Crippen molar-refractivity contribution in [2.24, 2.45) is 0 Å². The Morgan fingerprint density at radius 2 is 1.33 bits per heavy atom. The van der Waals surface area contributed by atoms with Gasteiger partial charge in [0.15, 0.2) is 0 Å². The summed E-state index contributed by atoms with van der Waals surface area (Å²) in [6.07, 6.45) is 0.992. The van der Waals surface area contributed by atoms with Crippen LogP contribution in [-0.2, 0) is 13.0 Å². The third-order valence-electron chi connectivity index (χ3n) is 3.74. The van der Waals surface area contributed by atoms with Gasteiger partial charge in [-0.1, -0.05) is 54.1 Å². The third kappa shape index (κ3) is 5.12. The molecule has 24 heavy (non-hydrogen) atoms. The number of halogens is 1. The fourth-order valence-electron chi connectivity index (χ4n) is 2.42. The summed E-state index contributed by atoms with van der Waals surface area (Å²) in [4.78, 5) is 0. The van der Waals surface area contributed by atoms with Gasteiger partial charge < -0.3 is 10.1 Å². The number of nitrogens with one attached hydrogen (secondary N) is 1. The Morgan fingerprint density at radius 1 is 0.708 bits per heavy atom. The van der Waals surface area contributed by atoms with Crippen molar-refractivity contribution in [3.05, 3.63) is 95.0 Å². The molecule has 0 radical (unpaired) electrons. The normalized spacial score (nSPS) is 10.5. The van der Waals surface area contributed by atoms with Crippen LogP contribution in [0.15, 0.2) is 78.9 Å². The summed E-state index contributed by atoms with van der Waals surface area (Å²) < 4.78 is 5.80. The maximum Gasteiger partial charge on any atom is 0.127 e. The summed E-state index contributed by atoms with van der Waals surface area (Å²) in [5.41, 5.74) is 2.53. The number of benzene rings is 3. The zero-order valence-electron chi connectivity index (χ0n) is 13.4. The van der Waals surface area contributed by atoms with Crippen molar-refractivity contribution in [1.82, 2.24) is 5.32 Å². The van der Waals surface area contributed by atoms with Crippen LogP contribution in [0.1, 0.15) is 11.1 Å². The fraction of sp³-hybridized carbons (Fsp3) is 0.143. The third-order valence-corrected chi connectivity index (χ3v) is 3.99. The molecule has 0 spiro atoms. The molecule has 3 heteroatoms. The molecule has 2 nitrogen and oxygen atoms in total. The monoisotopic (exact) mass is 337 g/mol. The molecule has 3 aromatic carbocycles. The summed E-state index contributed by atoms with van der Waals surface area (Å²) in [7, 11) is 0. The van der Waals surface area contributed by atoms with E-state index < -0.39 is 0 Å². The molecule has 0 bridgehead atoms. The van der Waals surface area contributed by atoms with Crippen molar-refractivity contribution in [1.29, 1.82) is 0 Å². The number of hydrogen-bond donors (Lipinski definition) is 1. The van der Waals surface area contributed by atoms with Gasteiger partial charge in [-0.2, -0.15) is 0 Å². The second-order valence-electron chi connectivity index (χ2n) is 5.61. The van der Waals surface area contributed by atoms with Crippen LogP contribution in [-0.4, -0.2) is 6.54 Å². The molecule has 0 heterocycles. The van der Waals surface area contributed by atoms with Gasteiger partial charge in [-0.3, -0.25) is 0 Å². The molecule has 0 aliphatic carbocycles. The van der Waals surface area contributed by atoms with E-state index in [9.17, 15) is 0 Å². The van der Waals surface area contributed by atoms with Crippen LogP contribution >= 0.6 is 11.6 Å². The van der Waals surface area contributed by atoms with Crippen molar-refractivity contribution >= 4 is 11.6 Å². The Labute approximate surface area is 148 Å². The molecule has 0 amide bonds. The predicted molar refractivity (Wildman–Crippen MR) is 99.8 cm³/mol. The first-order valence-corrected chi connectivity index (χ1v) is 8.44. The molecule has 0 aromatic heterocycles. The molecule has 0 aliphatic rings. The van der Waals surface area contributed by atoms with Gasteiger partial charge in [0.2, 0.25) is 0 Å². The van der Waals surface area contributed by atoms with E-state index >= 15 is 0 Å². The molecule has 0 fully saturated rings. The van der Waals surface area contributed by atoms with Crippen molar-refractivity contribution in [3.63, 3.8) is 0 Å². The molecule has 3 aromatic rings. The number of hydrogen-bond acceptors (Lipinski definition) is 2. The Morgan fingerprint density at radius 3 is 2.04 bits per heavy atom. The first-order chi connectivity index (χ1) is 11.8. The first-order valence-electron chi connectivity index (χ1n) is 8.06.